The van der Waals surface area contributed by atoms with Gasteiger partial charge in [-0.25, -0.2) is 32.9 Å². The van der Waals surface area contributed by atoms with Crippen molar-refractivity contribution in [2.24, 2.45) is 0 Å². The standard InChI is InChI=1S/C34H40F2N4O7/c1-4-47-31(41)25-8-6-5-7-24(25)20-9-12-23(13-10-20)39-16-15-22(18-39)37-33(43)40-30(21-11-14-26(35)27(36)17-21)29(32(42)46-3)28(19-45-2)38-34(40)44/h5-8,11,14,17,20,22-23,30H,4,9-10,12-13,15-16,18-19H2,1-3H3,(H,37,43)(H,38,44)/t20-,22-,23-,30+/m1/s1. The lowest BCUT2D eigenvalue weighted by Gasteiger charge is -2.37. The van der Waals surface area contributed by atoms with Gasteiger partial charge in [-0.1, -0.05) is 24.3 Å². The topological polar surface area (TPSA) is 127 Å². The minimum Gasteiger partial charge on any atom is -0.466 e. The van der Waals surface area contributed by atoms with Gasteiger partial charge in [0.05, 0.1) is 37.2 Å². The van der Waals surface area contributed by atoms with Crippen LogP contribution in [0, 0.1) is 11.6 Å². The summed E-state index contributed by atoms with van der Waals surface area (Å²) in [6.07, 6.45) is 4.29. The van der Waals surface area contributed by atoms with Gasteiger partial charge in [-0.15, -0.1) is 0 Å². The van der Waals surface area contributed by atoms with Crippen LogP contribution in [0.1, 0.15) is 72.5 Å². The second-order valence-corrected chi connectivity index (χ2v) is 11.9. The molecule has 2 atom stereocenters. The van der Waals surface area contributed by atoms with Crippen molar-refractivity contribution < 1.29 is 42.2 Å². The molecule has 47 heavy (non-hydrogen) atoms. The third-order valence-electron chi connectivity index (χ3n) is 9.16. The summed E-state index contributed by atoms with van der Waals surface area (Å²) in [5.74, 6) is -3.24. The van der Waals surface area contributed by atoms with Crippen LogP contribution in [0.15, 0.2) is 53.7 Å². The van der Waals surface area contributed by atoms with Gasteiger partial charge in [0.1, 0.15) is 6.04 Å². The molecule has 2 aromatic rings. The summed E-state index contributed by atoms with van der Waals surface area (Å²) in [5.41, 5.74) is 1.56. The van der Waals surface area contributed by atoms with Gasteiger partial charge in [0.25, 0.3) is 0 Å². The highest BCUT2D eigenvalue weighted by molar-refractivity contribution is 6.02. The molecule has 4 amide bonds. The summed E-state index contributed by atoms with van der Waals surface area (Å²) in [6.45, 7) is 3.21. The summed E-state index contributed by atoms with van der Waals surface area (Å²) in [6, 6.07) is 7.50. The predicted octanol–water partition coefficient (Wildman–Crippen LogP) is 4.79. The molecule has 3 aliphatic rings. The van der Waals surface area contributed by atoms with Crippen molar-refractivity contribution in [1.29, 1.82) is 0 Å². The quantitative estimate of drug-likeness (QED) is 0.370. The summed E-state index contributed by atoms with van der Waals surface area (Å²) in [7, 11) is 2.50. The Morgan fingerprint density at radius 3 is 2.40 bits per heavy atom. The number of ether oxygens (including phenoxy) is 3. The highest BCUT2D eigenvalue weighted by Crippen LogP contribution is 2.38. The lowest BCUT2D eigenvalue weighted by Crippen LogP contribution is -2.56. The molecule has 0 radical (unpaired) electrons. The Kier molecular flexibility index (Phi) is 10.9. The van der Waals surface area contributed by atoms with Crippen LogP contribution in [0.25, 0.3) is 0 Å². The molecule has 1 saturated heterocycles. The first-order chi connectivity index (χ1) is 22.7. The number of hydrogen-bond donors (Lipinski definition) is 2. The Hall–Kier alpha value is -4.36. The third-order valence-corrected chi connectivity index (χ3v) is 9.16. The van der Waals surface area contributed by atoms with E-state index in [2.05, 4.69) is 15.5 Å². The minimum atomic E-state index is -1.40. The van der Waals surface area contributed by atoms with Gasteiger partial charge in [0.15, 0.2) is 11.6 Å². The number of rotatable bonds is 9. The Bertz CT molecular complexity index is 1540. The molecule has 0 unspecified atom stereocenters. The number of carbonyl (C=O) groups is 4. The van der Waals surface area contributed by atoms with Crippen molar-refractivity contribution in [3.05, 3.63) is 82.1 Å². The fraction of sp³-hybridized carbons (Fsp3) is 0.471. The molecule has 1 aliphatic carbocycles. The van der Waals surface area contributed by atoms with E-state index < -0.39 is 35.7 Å². The summed E-state index contributed by atoms with van der Waals surface area (Å²) >= 11 is 0. The zero-order chi connectivity index (χ0) is 33.7. The van der Waals surface area contributed by atoms with Gasteiger partial charge >= 0.3 is 24.0 Å². The fourth-order valence-electron chi connectivity index (χ4n) is 6.96. The van der Waals surface area contributed by atoms with Crippen molar-refractivity contribution in [2.75, 3.05) is 40.5 Å². The minimum absolute atomic E-state index is 0.0113. The molecule has 0 bridgehead atoms. The van der Waals surface area contributed by atoms with Crippen LogP contribution in [0.2, 0.25) is 0 Å². The first kappa shape index (κ1) is 34.0. The molecule has 1 saturated carbocycles. The number of esters is 2. The molecule has 2 aromatic carbocycles. The van der Waals surface area contributed by atoms with Gasteiger partial charge in [0, 0.05) is 32.3 Å². The van der Waals surface area contributed by atoms with E-state index in [9.17, 15) is 28.0 Å². The average Bonchev–Trinajstić information content (AvgIpc) is 3.54. The number of hydrogen-bond acceptors (Lipinski definition) is 8. The van der Waals surface area contributed by atoms with Crippen LogP contribution in [0.4, 0.5) is 18.4 Å². The maximum atomic E-state index is 14.4. The number of nitrogens with one attached hydrogen (secondary N) is 2. The molecule has 2 N–H and O–H groups in total. The summed E-state index contributed by atoms with van der Waals surface area (Å²) in [4.78, 5) is 55.7. The van der Waals surface area contributed by atoms with E-state index in [1.54, 1.807) is 6.92 Å². The van der Waals surface area contributed by atoms with Crippen molar-refractivity contribution in [2.45, 2.75) is 63.1 Å². The Balaban J connectivity index is 1.28. The monoisotopic (exact) mass is 654 g/mol. The molecule has 252 valence electrons. The van der Waals surface area contributed by atoms with Gasteiger partial charge in [-0.2, -0.15) is 0 Å². The molecule has 2 heterocycles. The number of amides is 4. The van der Waals surface area contributed by atoms with Crippen LogP contribution in [-0.2, 0) is 19.0 Å². The van der Waals surface area contributed by atoms with Crippen LogP contribution in [0.3, 0.4) is 0 Å². The van der Waals surface area contributed by atoms with Gasteiger partial charge in [0.2, 0.25) is 0 Å². The average molecular weight is 655 g/mol. The maximum Gasteiger partial charge on any atom is 0.338 e. The zero-order valence-corrected chi connectivity index (χ0v) is 26.7. The van der Waals surface area contributed by atoms with E-state index in [1.807, 2.05) is 24.3 Å². The highest BCUT2D eigenvalue weighted by Gasteiger charge is 2.44. The van der Waals surface area contributed by atoms with Crippen LogP contribution < -0.4 is 10.6 Å². The second kappa shape index (κ2) is 15.0. The Labute approximate surface area is 272 Å². The normalized spacial score (nSPS) is 23.3. The van der Waals surface area contributed by atoms with Crippen LogP contribution in [-0.4, -0.2) is 86.4 Å². The number of halogens is 2. The predicted molar refractivity (Wildman–Crippen MR) is 166 cm³/mol. The first-order valence-electron chi connectivity index (χ1n) is 15.8. The van der Waals surface area contributed by atoms with E-state index in [4.69, 9.17) is 14.2 Å². The van der Waals surface area contributed by atoms with Gasteiger partial charge < -0.3 is 24.8 Å². The third kappa shape index (κ3) is 7.31. The lowest BCUT2D eigenvalue weighted by atomic mass is 9.79. The molecule has 5 rings (SSSR count). The van der Waals surface area contributed by atoms with Crippen molar-refractivity contribution in [3.8, 4) is 0 Å². The van der Waals surface area contributed by atoms with Crippen molar-refractivity contribution in [3.63, 3.8) is 0 Å². The SMILES string of the molecule is CCOC(=O)c1ccccc1[C@H]1CC[C@H](N2CC[C@@H](NC(=O)N3C(=O)NC(COC)=C(C(=O)OC)[C@@H]3c3ccc(F)c(F)c3)C2)CC1. The maximum absolute atomic E-state index is 14.4. The smallest absolute Gasteiger partial charge is 0.338 e. The number of urea groups is 2. The number of carbonyl (C=O) groups excluding carboxylic acids is 4. The van der Waals surface area contributed by atoms with E-state index in [1.165, 1.54) is 13.2 Å². The molecule has 13 heteroatoms. The van der Waals surface area contributed by atoms with Crippen LogP contribution >= 0.6 is 0 Å². The van der Waals surface area contributed by atoms with Crippen LogP contribution in [0.5, 0.6) is 0 Å². The molecule has 2 aliphatic heterocycles. The molecular formula is C34H40F2N4O7. The number of imide groups is 1. The molecular weight excluding hydrogens is 614 g/mol. The lowest BCUT2D eigenvalue weighted by molar-refractivity contribution is -0.137. The van der Waals surface area contributed by atoms with Gasteiger partial charge in [-0.05, 0) is 74.3 Å². The van der Waals surface area contributed by atoms with E-state index in [-0.39, 0.29) is 41.4 Å². The molecule has 2 fully saturated rings. The Morgan fingerprint density at radius 2 is 1.72 bits per heavy atom. The first-order valence-corrected chi connectivity index (χ1v) is 15.8. The zero-order valence-electron chi connectivity index (χ0n) is 26.7. The molecule has 0 spiro atoms. The molecule has 11 nitrogen and oxygen atoms in total. The number of benzene rings is 2. The second-order valence-electron chi connectivity index (χ2n) is 11.9. The van der Waals surface area contributed by atoms with Crippen molar-refractivity contribution in [1.82, 2.24) is 20.4 Å². The number of methoxy groups -OCH3 is 2. The van der Waals surface area contributed by atoms with Crippen molar-refractivity contribution >= 4 is 24.0 Å². The summed E-state index contributed by atoms with van der Waals surface area (Å²) < 4.78 is 43.6. The van der Waals surface area contributed by atoms with E-state index in [0.29, 0.717) is 31.2 Å². The van der Waals surface area contributed by atoms with Gasteiger partial charge in [-0.3, -0.25) is 4.90 Å². The fourth-order valence-corrected chi connectivity index (χ4v) is 6.96. The van der Waals surface area contributed by atoms with E-state index >= 15 is 0 Å². The molecule has 0 aromatic heterocycles. The van der Waals surface area contributed by atoms with E-state index in [0.717, 1.165) is 61.9 Å². The number of likely N-dealkylation sites (tertiary alicyclic amines) is 1. The largest absolute Gasteiger partial charge is 0.466 e. The summed E-state index contributed by atoms with van der Waals surface area (Å²) in [5, 5.41) is 5.46. The highest BCUT2D eigenvalue weighted by atomic mass is 19.2. The Morgan fingerprint density at radius 1 is 0.979 bits per heavy atom. The number of nitrogens with zero attached hydrogens (tertiary/aromatic N) is 2.